The maximum atomic E-state index is 12.6. The first-order valence-corrected chi connectivity index (χ1v) is 8.20. The topological polar surface area (TPSA) is 66.4 Å². The van der Waals surface area contributed by atoms with Gasteiger partial charge in [0.25, 0.3) is 5.91 Å². The number of hydrogen-bond acceptors (Lipinski definition) is 3. The van der Waals surface area contributed by atoms with Crippen molar-refractivity contribution in [2.45, 2.75) is 6.92 Å². The van der Waals surface area contributed by atoms with E-state index in [0.717, 1.165) is 15.0 Å². The van der Waals surface area contributed by atoms with Crippen LogP contribution in [-0.4, -0.2) is 17.0 Å². The molecule has 0 saturated carbocycles. The van der Waals surface area contributed by atoms with Gasteiger partial charge in [-0.1, -0.05) is 36.4 Å². The van der Waals surface area contributed by atoms with Gasteiger partial charge in [-0.25, -0.2) is 4.79 Å². The summed E-state index contributed by atoms with van der Waals surface area (Å²) in [7, 11) is 0. The summed E-state index contributed by atoms with van der Waals surface area (Å²) in [5.41, 5.74) is 0.879. The van der Waals surface area contributed by atoms with Crippen molar-refractivity contribution in [2.75, 3.05) is 5.32 Å². The number of carbonyl (C=O) groups excluding carboxylic acids is 1. The fourth-order valence-electron chi connectivity index (χ4n) is 2.47. The molecule has 4 nitrogen and oxygen atoms in total. The van der Waals surface area contributed by atoms with Crippen molar-refractivity contribution >= 4 is 44.6 Å². The van der Waals surface area contributed by atoms with E-state index in [1.165, 1.54) is 17.4 Å². The van der Waals surface area contributed by atoms with Gasteiger partial charge in [0, 0.05) is 9.58 Å². The number of para-hydroxylation sites is 1. The lowest BCUT2D eigenvalue weighted by molar-refractivity contribution is -0.111. The van der Waals surface area contributed by atoms with E-state index in [2.05, 4.69) is 5.32 Å². The number of carboxylic acid groups (broad SMARTS) is 1. The molecule has 1 heterocycles. The third-order valence-corrected chi connectivity index (χ3v) is 4.78. The van der Waals surface area contributed by atoms with Gasteiger partial charge in [-0.05, 0) is 36.6 Å². The van der Waals surface area contributed by atoms with Gasteiger partial charge in [-0.2, -0.15) is 0 Å². The van der Waals surface area contributed by atoms with Crippen LogP contribution in [0.25, 0.3) is 15.7 Å². The van der Waals surface area contributed by atoms with Crippen molar-refractivity contribution in [1.82, 2.24) is 0 Å². The fourth-order valence-corrected chi connectivity index (χ4v) is 3.60. The molecule has 1 amide bonds. The molecule has 5 heteroatoms. The Morgan fingerprint density at radius 1 is 1.08 bits per heavy atom. The number of thiophene rings is 1. The Kier molecular flexibility index (Phi) is 4.44. The zero-order valence-electron chi connectivity index (χ0n) is 12.9. The summed E-state index contributed by atoms with van der Waals surface area (Å²) >= 11 is 1.53. The molecule has 0 radical (unpaired) electrons. The molecule has 120 valence electrons. The predicted octanol–water partition coefficient (Wildman–Crippen LogP) is 4.64. The molecule has 0 spiro atoms. The summed E-state index contributed by atoms with van der Waals surface area (Å²) in [4.78, 5) is 24.7. The van der Waals surface area contributed by atoms with Crippen molar-refractivity contribution < 1.29 is 14.7 Å². The molecule has 1 aromatic heterocycles. The normalized spacial score (nSPS) is 11.5. The minimum absolute atomic E-state index is 0.0673. The lowest BCUT2D eigenvalue weighted by Gasteiger charge is -2.09. The van der Waals surface area contributed by atoms with E-state index in [0.29, 0.717) is 5.57 Å². The van der Waals surface area contributed by atoms with Gasteiger partial charge in [0.2, 0.25) is 0 Å². The van der Waals surface area contributed by atoms with Crippen molar-refractivity contribution in [3.63, 3.8) is 0 Å². The Morgan fingerprint density at radius 2 is 1.79 bits per heavy atom. The monoisotopic (exact) mass is 337 g/mol. The first-order valence-electron chi connectivity index (χ1n) is 7.39. The van der Waals surface area contributed by atoms with E-state index in [-0.39, 0.29) is 17.2 Å². The Hall–Kier alpha value is -2.92. The van der Waals surface area contributed by atoms with Gasteiger partial charge in [0.1, 0.15) is 0 Å². The number of fused-ring (bicyclic) bond motifs is 1. The largest absolute Gasteiger partial charge is 0.478 e. The fraction of sp³-hybridized carbons (Fsp3) is 0.0526. The standard InChI is InChI=1S/C19H15NO3S/c1-2-13(17-11-12-7-3-6-10-16(12)24-17)18(21)20-15-9-5-4-8-14(15)19(22)23/h2-11H,1H3,(H,20,21)(H,22,23). The van der Waals surface area contributed by atoms with E-state index < -0.39 is 5.97 Å². The molecule has 0 unspecified atom stereocenters. The summed E-state index contributed by atoms with van der Waals surface area (Å²) in [5.74, 6) is -1.40. The Balaban J connectivity index is 1.92. The van der Waals surface area contributed by atoms with Gasteiger partial charge >= 0.3 is 5.97 Å². The molecule has 0 aliphatic carbocycles. The van der Waals surface area contributed by atoms with E-state index in [4.69, 9.17) is 0 Å². The second-order valence-electron chi connectivity index (χ2n) is 5.16. The van der Waals surface area contributed by atoms with Gasteiger partial charge in [-0.15, -0.1) is 11.3 Å². The lowest BCUT2D eigenvalue weighted by atomic mass is 10.1. The van der Waals surface area contributed by atoms with E-state index >= 15 is 0 Å². The van der Waals surface area contributed by atoms with Gasteiger partial charge in [0.05, 0.1) is 16.8 Å². The molecule has 0 bridgehead atoms. The van der Waals surface area contributed by atoms with Crippen LogP contribution in [0.2, 0.25) is 0 Å². The van der Waals surface area contributed by atoms with Gasteiger partial charge in [-0.3, -0.25) is 4.79 Å². The second kappa shape index (κ2) is 6.68. The van der Waals surface area contributed by atoms with Crippen molar-refractivity contribution in [3.8, 4) is 0 Å². The van der Waals surface area contributed by atoms with Crippen molar-refractivity contribution in [3.05, 3.63) is 71.1 Å². The van der Waals surface area contributed by atoms with Crippen LogP contribution in [-0.2, 0) is 4.79 Å². The van der Waals surface area contributed by atoms with Crippen molar-refractivity contribution in [1.29, 1.82) is 0 Å². The van der Waals surface area contributed by atoms with Gasteiger partial charge < -0.3 is 10.4 Å². The van der Waals surface area contributed by atoms with Crippen LogP contribution in [0, 0.1) is 0 Å². The number of carboxylic acids is 1. The molecular weight excluding hydrogens is 322 g/mol. The van der Waals surface area contributed by atoms with E-state index in [9.17, 15) is 14.7 Å². The molecule has 0 aliphatic rings. The molecule has 0 aliphatic heterocycles. The predicted molar refractivity (Wildman–Crippen MR) is 97.5 cm³/mol. The quantitative estimate of drug-likeness (QED) is 0.682. The Labute approximate surface area is 143 Å². The van der Waals surface area contributed by atoms with Crippen LogP contribution in [0.5, 0.6) is 0 Å². The molecule has 0 atom stereocenters. The molecule has 3 aromatic rings. The molecule has 0 fully saturated rings. The summed E-state index contributed by atoms with van der Waals surface area (Å²) in [6, 6.07) is 16.3. The number of carbonyl (C=O) groups is 2. The van der Waals surface area contributed by atoms with Crippen LogP contribution in [0.3, 0.4) is 0 Å². The van der Waals surface area contributed by atoms with E-state index in [1.807, 2.05) is 30.3 Å². The van der Waals surface area contributed by atoms with Crippen LogP contribution in [0.4, 0.5) is 5.69 Å². The third-order valence-electron chi connectivity index (χ3n) is 3.63. The zero-order chi connectivity index (χ0) is 17.1. The average molecular weight is 337 g/mol. The van der Waals surface area contributed by atoms with E-state index in [1.54, 1.807) is 31.2 Å². The maximum Gasteiger partial charge on any atom is 0.337 e. The zero-order valence-corrected chi connectivity index (χ0v) is 13.8. The SMILES string of the molecule is CC=C(C(=O)Nc1ccccc1C(=O)O)c1cc2ccccc2s1. The number of hydrogen-bond donors (Lipinski definition) is 2. The molecule has 0 saturated heterocycles. The Morgan fingerprint density at radius 3 is 2.50 bits per heavy atom. The number of anilines is 1. The number of allylic oxidation sites excluding steroid dienone is 1. The minimum atomic E-state index is -1.07. The number of nitrogens with one attached hydrogen (secondary N) is 1. The van der Waals surface area contributed by atoms with Crippen LogP contribution in [0.1, 0.15) is 22.2 Å². The van der Waals surface area contributed by atoms with Crippen LogP contribution in [0.15, 0.2) is 60.7 Å². The number of amides is 1. The number of benzene rings is 2. The lowest BCUT2D eigenvalue weighted by Crippen LogP contribution is -2.15. The molecule has 2 aromatic carbocycles. The highest BCUT2D eigenvalue weighted by atomic mass is 32.1. The summed E-state index contributed by atoms with van der Waals surface area (Å²) in [5, 5.41) is 13.0. The third kappa shape index (κ3) is 3.07. The first-order chi connectivity index (χ1) is 11.6. The Bertz CT molecular complexity index is 923. The summed E-state index contributed by atoms with van der Waals surface area (Å²) in [6.45, 7) is 1.79. The molecule has 2 N–H and O–H groups in total. The average Bonchev–Trinajstić information content (AvgIpc) is 2.99. The minimum Gasteiger partial charge on any atom is -0.478 e. The highest BCUT2D eigenvalue weighted by Gasteiger charge is 2.17. The van der Waals surface area contributed by atoms with Crippen molar-refractivity contribution in [2.24, 2.45) is 0 Å². The highest BCUT2D eigenvalue weighted by molar-refractivity contribution is 7.20. The van der Waals surface area contributed by atoms with Gasteiger partial charge in [0.15, 0.2) is 0 Å². The smallest absolute Gasteiger partial charge is 0.337 e. The van der Waals surface area contributed by atoms with Crippen LogP contribution < -0.4 is 5.32 Å². The highest BCUT2D eigenvalue weighted by Crippen LogP contribution is 2.31. The molecule has 3 rings (SSSR count). The number of rotatable bonds is 4. The summed E-state index contributed by atoms with van der Waals surface area (Å²) in [6.07, 6.45) is 1.74. The second-order valence-corrected chi connectivity index (χ2v) is 6.24. The number of aromatic carboxylic acids is 1. The first kappa shape index (κ1) is 16.0. The van der Waals surface area contributed by atoms with Crippen LogP contribution >= 0.6 is 11.3 Å². The molecule has 24 heavy (non-hydrogen) atoms. The maximum absolute atomic E-state index is 12.6. The molecular formula is C19H15NO3S. The summed E-state index contributed by atoms with van der Waals surface area (Å²) < 4.78 is 1.10.